The minimum Gasteiger partial charge on any atom is -0.273 e. The lowest BCUT2D eigenvalue weighted by atomic mass is 10.2. The lowest BCUT2D eigenvalue weighted by Gasteiger charge is -2.02. The van der Waals surface area contributed by atoms with E-state index in [0.717, 1.165) is 12.4 Å². The molecule has 5 heteroatoms. The molecular formula is C11H13F3N2. The number of fused-ring (bicyclic) bond motifs is 1. The van der Waals surface area contributed by atoms with E-state index in [1.165, 1.54) is 13.0 Å². The molecule has 0 aliphatic rings. The average Bonchev–Trinajstić information content (AvgIpc) is 2.65. The van der Waals surface area contributed by atoms with Crippen molar-refractivity contribution in [2.24, 2.45) is 0 Å². The molecule has 0 atom stereocenters. The van der Waals surface area contributed by atoms with Crippen molar-refractivity contribution in [3.63, 3.8) is 0 Å². The van der Waals surface area contributed by atoms with Gasteiger partial charge in [-0.1, -0.05) is 13.8 Å². The number of halogens is 3. The van der Waals surface area contributed by atoms with Crippen LogP contribution in [0, 0.1) is 12.7 Å². The van der Waals surface area contributed by atoms with E-state index in [-0.39, 0.29) is 11.0 Å². The summed E-state index contributed by atoms with van der Waals surface area (Å²) in [4.78, 5) is 3.68. The van der Waals surface area contributed by atoms with Crippen LogP contribution in [0.25, 0.3) is 11.0 Å². The normalized spacial score (nSPS) is 10.4. The Kier molecular flexibility index (Phi) is 3.93. The number of alkyl halides is 2. The van der Waals surface area contributed by atoms with E-state index in [2.05, 4.69) is 4.98 Å². The minimum atomic E-state index is -2.65. The second-order valence-corrected chi connectivity index (χ2v) is 3.02. The zero-order valence-electron chi connectivity index (χ0n) is 9.34. The first-order chi connectivity index (χ1) is 7.59. The molecule has 0 unspecified atom stereocenters. The van der Waals surface area contributed by atoms with Gasteiger partial charge in [-0.2, -0.15) is 8.78 Å². The Hall–Kier alpha value is -1.52. The highest BCUT2D eigenvalue weighted by atomic mass is 19.3. The third-order valence-electron chi connectivity index (χ3n) is 2.07. The van der Waals surface area contributed by atoms with Gasteiger partial charge in [-0.15, -0.1) is 0 Å². The third kappa shape index (κ3) is 2.18. The van der Waals surface area contributed by atoms with Crippen LogP contribution in [0.5, 0.6) is 0 Å². The van der Waals surface area contributed by atoms with Gasteiger partial charge in [-0.25, -0.2) is 9.37 Å². The number of benzene rings is 1. The van der Waals surface area contributed by atoms with Crippen LogP contribution in [-0.2, 0) is 0 Å². The van der Waals surface area contributed by atoms with Gasteiger partial charge >= 0.3 is 6.55 Å². The Morgan fingerprint density at radius 3 is 2.44 bits per heavy atom. The zero-order chi connectivity index (χ0) is 12.3. The maximum Gasteiger partial charge on any atom is 0.320 e. The molecule has 88 valence electrons. The van der Waals surface area contributed by atoms with Gasteiger partial charge in [0.15, 0.2) is 0 Å². The van der Waals surface area contributed by atoms with Crippen LogP contribution in [-0.4, -0.2) is 9.55 Å². The average molecular weight is 230 g/mol. The predicted octanol–water partition coefficient (Wildman–Crippen LogP) is 3.91. The van der Waals surface area contributed by atoms with Crippen LogP contribution in [0.1, 0.15) is 26.0 Å². The summed E-state index contributed by atoms with van der Waals surface area (Å²) in [5.41, 5.74) is 0.826. The molecule has 0 saturated heterocycles. The van der Waals surface area contributed by atoms with Crippen molar-refractivity contribution in [3.8, 4) is 0 Å². The van der Waals surface area contributed by atoms with Crippen LogP contribution in [0.15, 0.2) is 18.5 Å². The fourth-order valence-electron chi connectivity index (χ4n) is 1.31. The number of nitrogens with zero attached hydrogens (tertiary/aromatic N) is 2. The quantitative estimate of drug-likeness (QED) is 0.726. The van der Waals surface area contributed by atoms with Crippen molar-refractivity contribution in [2.45, 2.75) is 27.3 Å². The number of imidazole rings is 1. The summed E-state index contributed by atoms with van der Waals surface area (Å²) in [7, 11) is 0. The van der Waals surface area contributed by atoms with Gasteiger partial charge in [-0.05, 0) is 18.6 Å². The lowest BCUT2D eigenvalue weighted by Crippen LogP contribution is -1.95. The van der Waals surface area contributed by atoms with Crippen LogP contribution in [0.3, 0.4) is 0 Å². The number of rotatable bonds is 1. The molecule has 2 rings (SSSR count). The molecule has 1 aromatic heterocycles. The van der Waals surface area contributed by atoms with E-state index in [1.54, 1.807) is 0 Å². The smallest absolute Gasteiger partial charge is 0.273 e. The second kappa shape index (κ2) is 5.01. The fraction of sp³-hybridized carbons (Fsp3) is 0.364. The van der Waals surface area contributed by atoms with Gasteiger partial charge in [0.05, 0.1) is 11.0 Å². The van der Waals surface area contributed by atoms with Gasteiger partial charge in [0.1, 0.15) is 12.1 Å². The molecule has 0 spiro atoms. The Labute approximate surface area is 91.7 Å². The molecular weight excluding hydrogens is 217 g/mol. The van der Waals surface area contributed by atoms with E-state index in [9.17, 15) is 13.2 Å². The molecule has 2 aromatic rings. The molecule has 1 aromatic carbocycles. The molecule has 0 amide bonds. The Morgan fingerprint density at radius 2 is 1.88 bits per heavy atom. The molecule has 0 saturated carbocycles. The standard InChI is InChI=1S/C9H7F3N2.C2H6/c1-5-2-8-7(3-6(5)10)13-4-14(8)9(11)12;1-2/h2-4,9H,1H3;1-2H3. The summed E-state index contributed by atoms with van der Waals surface area (Å²) in [6, 6.07) is 2.52. The summed E-state index contributed by atoms with van der Waals surface area (Å²) in [5, 5.41) is 0. The molecule has 2 nitrogen and oxygen atoms in total. The first kappa shape index (κ1) is 12.5. The van der Waals surface area contributed by atoms with Crippen LogP contribution in [0.2, 0.25) is 0 Å². The minimum absolute atomic E-state index is 0.244. The van der Waals surface area contributed by atoms with Crippen LogP contribution >= 0.6 is 0 Å². The summed E-state index contributed by atoms with van der Waals surface area (Å²) < 4.78 is 38.5. The number of aryl methyl sites for hydroxylation is 1. The Balaban J connectivity index is 0.000000606. The van der Waals surface area contributed by atoms with E-state index in [0.29, 0.717) is 10.1 Å². The highest BCUT2D eigenvalue weighted by Gasteiger charge is 2.12. The molecule has 0 aliphatic heterocycles. The third-order valence-corrected chi connectivity index (χ3v) is 2.07. The van der Waals surface area contributed by atoms with Crippen molar-refractivity contribution in [2.75, 3.05) is 0 Å². The van der Waals surface area contributed by atoms with Crippen molar-refractivity contribution in [1.29, 1.82) is 0 Å². The predicted molar refractivity (Wildman–Crippen MR) is 57.0 cm³/mol. The molecule has 0 bridgehead atoms. The Bertz CT molecular complexity index is 477. The van der Waals surface area contributed by atoms with E-state index >= 15 is 0 Å². The van der Waals surface area contributed by atoms with Gasteiger partial charge in [0, 0.05) is 6.07 Å². The van der Waals surface area contributed by atoms with E-state index in [4.69, 9.17) is 0 Å². The largest absolute Gasteiger partial charge is 0.320 e. The Morgan fingerprint density at radius 1 is 1.25 bits per heavy atom. The fourth-order valence-corrected chi connectivity index (χ4v) is 1.31. The maximum absolute atomic E-state index is 13.0. The van der Waals surface area contributed by atoms with Crippen molar-refractivity contribution in [3.05, 3.63) is 29.8 Å². The molecule has 0 aliphatic carbocycles. The summed E-state index contributed by atoms with van der Waals surface area (Å²) in [6.45, 7) is 2.88. The first-order valence-electron chi connectivity index (χ1n) is 5.00. The van der Waals surface area contributed by atoms with Gasteiger partial charge in [-0.3, -0.25) is 4.57 Å². The van der Waals surface area contributed by atoms with E-state index < -0.39 is 12.4 Å². The zero-order valence-corrected chi connectivity index (χ0v) is 9.34. The van der Waals surface area contributed by atoms with Crippen molar-refractivity contribution >= 4 is 11.0 Å². The van der Waals surface area contributed by atoms with Crippen molar-refractivity contribution in [1.82, 2.24) is 9.55 Å². The number of aromatic nitrogens is 2. The number of hydrogen-bond acceptors (Lipinski definition) is 1. The van der Waals surface area contributed by atoms with Crippen LogP contribution in [0.4, 0.5) is 13.2 Å². The molecule has 0 N–H and O–H groups in total. The summed E-state index contributed by atoms with van der Waals surface area (Å²) in [6.07, 6.45) is 1.01. The molecule has 0 fully saturated rings. The molecule has 16 heavy (non-hydrogen) atoms. The molecule has 1 heterocycles. The highest BCUT2D eigenvalue weighted by molar-refractivity contribution is 5.76. The van der Waals surface area contributed by atoms with Crippen LogP contribution < -0.4 is 0 Å². The summed E-state index contributed by atoms with van der Waals surface area (Å²) in [5.74, 6) is -0.433. The van der Waals surface area contributed by atoms with E-state index in [1.807, 2.05) is 13.8 Å². The first-order valence-corrected chi connectivity index (χ1v) is 5.00. The maximum atomic E-state index is 13.0. The highest BCUT2D eigenvalue weighted by Crippen LogP contribution is 2.22. The topological polar surface area (TPSA) is 17.8 Å². The second-order valence-electron chi connectivity index (χ2n) is 3.02. The monoisotopic (exact) mass is 230 g/mol. The number of hydrogen-bond donors (Lipinski definition) is 0. The van der Waals surface area contributed by atoms with Gasteiger partial charge in [0.25, 0.3) is 0 Å². The van der Waals surface area contributed by atoms with Crippen molar-refractivity contribution < 1.29 is 13.2 Å². The van der Waals surface area contributed by atoms with Gasteiger partial charge < -0.3 is 0 Å². The summed E-state index contributed by atoms with van der Waals surface area (Å²) >= 11 is 0. The SMILES string of the molecule is CC.Cc1cc2c(cc1F)ncn2C(F)F. The van der Waals surface area contributed by atoms with Gasteiger partial charge in [0.2, 0.25) is 0 Å². The molecule has 0 radical (unpaired) electrons. The lowest BCUT2D eigenvalue weighted by molar-refractivity contribution is 0.0746.